The van der Waals surface area contributed by atoms with Crippen LogP contribution in [0.3, 0.4) is 0 Å². The quantitative estimate of drug-likeness (QED) is 0.903. The fourth-order valence-electron chi connectivity index (χ4n) is 2.70. The topological polar surface area (TPSA) is 15.3 Å². The van der Waals surface area contributed by atoms with Gasteiger partial charge in [0.2, 0.25) is 0 Å². The molecule has 2 rings (SSSR count). The predicted octanol–water partition coefficient (Wildman–Crippen LogP) is 2.93. The standard InChI is InChI=1S/C15H22F2N2/c1-11(2)18-14-4-3-7-19(10-14)9-12-5-6-13(16)8-15(12)17/h5-6,8,11,14,18H,3-4,7,9-10H2,1-2H3. The van der Waals surface area contributed by atoms with E-state index in [-0.39, 0.29) is 0 Å². The molecule has 2 nitrogen and oxygen atoms in total. The lowest BCUT2D eigenvalue weighted by Gasteiger charge is -2.34. The summed E-state index contributed by atoms with van der Waals surface area (Å²) >= 11 is 0. The third-order valence-electron chi connectivity index (χ3n) is 3.48. The molecule has 0 aliphatic carbocycles. The van der Waals surface area contributed by atoms with Gasteiger partial charge in [0.05, 0.1) is 0 Å². The molecule has 1 heterocycles. The average Bonchev–Trinajstić information content (AvgIpc) is 2.32. The number of benzene rings is 1. The first-order chi connectivity index (χ1) is 9.04. The van der Waals surface area contributed by atoms with Gasteiger partial charge in [-0.1, -0.05) is 19.9 Å². The summed E-state index contributed by atoms with van der Waals surface area (Å²) < 4.78 is 26.5. The zero-order valence-corrected chi connectivity index (χ0v) is 11.6. The Kier molecular flexibility index (Phi) is 4.88. The Labute approximate surface area is 113 Å². The molecule has 0 saturated carbocycles. The van der Waals surface area contributed by atoms with Gasteiger partial charge < -0.3 is 5.32 Å². The lowest BCUT2D eigenvalue weighted by Crippen LogP contribution is -2.47. The number of rotatable bonds is 4. The molecule has 0 spiro atoms. The van der Waals surface area contributed by atoms with Crippen molar-refractivity contribution in [1.29, 1.82) is 0 Å². The van der Waals surface area contributed by atoms with E-state index < -0.39 is 11.6 Å². The first kappa shape index (κ1) is 14.4. The van der Waals surface area contributed by atoms with Crippen LogP contribution >= 0.6 is 0 Å². The summed E-state index contributed by atoms with van der Waals surface area (Å²) in [5.41, 5.74) is 0.576. The van der Waals surface area contributed by atoms with Crippen molar-refractivity contribution in [2.75, 3.05) is 13.1 Å². The van der Waals surface area contributed by atoms with Crippen molar-refractivity contribution in [2.45, 2.75) is 45.3 Å². The Morgan fingerprint density at radius 1 is 1.37 bits per heavy atom. The van der Waals surface area contributed by atoms with Gasteiger partial charge >= 0.3 is 0 Å². The molecule has 1 aliphatic heterocycles. The average molecular weight is 268 g/mol. The van der Waals surface area contributed by atoms with Crippen LogP contribution in [0.15, 0.2) is 18.2 Å². The molecule has 0 radical (unpaired) electrons. The molecule has 106 valence electrons. The van der Waals surface area contributed by atoms with Gasteiger partial charge in [0, 0.05) is 36.8 Å². The molecule has 19 heavy (non-hydrogen) atoms. The molecule has 1 N–H and O–H groups in total. The number of nitrogens with zero attached hydrogens (tertiary/aromatic N) is 1. The van der Waals surface area contributed by atoms with Crippen LogP contribution in [-0.2, 0) is 6.54 Å². The van der Waals surface area contributed by atoms with Gasteiger partial charge in [-0.05, 0) is 25.5 Å². The van der Waals surface area contributed by atoms with E-state index in [9.17, 15) is 8.78 Å². The van der Waals surface area contributed by atoms with Gasteiger partial charge in [0.15, 0.2) is 0 Å². The van der Waals surface area contributed by atoms with Gasteiger partial charge in [0.1, 0.15) is 11.6 Å². The van der Waals surface area contributed by atoms with E-state index in [0.29, 0.717) is 24.2 Å². The molecule has 1 atom stereocenters. The second-order valence-corrected chi connectivity index (χ2v) is 5.63. The van der Waals surface area contributed by atoms with Gasteiger partial charge in [-0.25, -0.2) is 8.78 Å². The highest BCUT2D eigenvalue weighted by Crippen LogP contribution is 2.17. The minimum atomic E-state index is -0.515. The maximum absolute atomic E-state index is 13.6. The third-order valence-corrected chi connectivity index (χ3v) is 3.48. The second kappa shape index (κ2) is 6.44. The summed E-state index contributed by atoms with van der Waals surface area (Å²) in [5, 5.41) is 3.53. The molecule has 0 amide bonds. The largest absolute Gasteiger partial charge is 0.311 e. The third kappa shape index (κ3) is 4.25. The molecule has 0 bridgehead atoms. The maximum Gasteiger partial charge on any atom is 0.130 e. The van der Waals surface area contributed by atoms with Crippen LogP contribution in [0.25, 0.3) is 0 Å². The van der Waals surface area contributed by atoms with Crippen molar-refractivity contribution in [3.63, 3.8) is 0 Å². The molecule has 1 unspecified atom stereocenters. The van der Waals surface area contributed by atoms with Crippen molar-refractivity contribution in [3.8, 4) is 0 Å². The van der Waals surface area contributed by atoms with E-state index in [1.165, 1.54) is 12.5 Å². The zero-order chi connectivity index (χ0) is 13.8. The highest BCUT2D eigenvalue weighted by atomic mass is 19.1. The smallest absolute Gasteiger partial charge is 0.130 e. The highest BCUT2D eigenvalue weighted by molar-refractivity contribution is 5.18. The molecule has 1 aromatic rings. The fraction of sp³-hybridized carbons (Fsp3) is 0.600. The number of likely N-dealkylation sites (tertiary alicyclic amines) is 1. The van der Waals surface area contributed by atoms with Gasteiger partial charge in [0.25, 0.3) is 0 Å². The fourth-order valence-corrected chi connectivity index (χ4v) is 2.70. The van der Waals surface area contributed by atoms with E-state index in [4.69, 9.17) is 0 Å². The zero-order valence-electron chi connectivity index (χ0n) is 11.6. The second-order valence-electron chi connectivity index (χ2n) is 5.63. The van der Waals surface area contributed by atoms with E-state index in [2.05, 4.69) is 24.1 Å². The minimum Gasteiger partial charge on any atom is -0.311 e. The van der Waals surface area contributed by atoms with E-state index in [0.717, 1.165) is 25.6 Å². The van der Waals surface area contributed by atoms with Crippen molar-refractivity contribution in [3.05, 3.63) is 35.4 Å². The van der Waals surface area contributed by atoms with E-state index in [1.54, 1.807) is 6.07 Å². The van der Waals surface area contributed by atoms with Crippen molar-refractivity contribution < 1.29 is 8.78 Å². The molecule has 1 aliphatic rings. The number of halogens is 2. The SMILES string of the molecule is CC(C)NC1CCCN(Cc2ccc(F)cc2F)C1. The molecule has 1 saturated heterocycles. The summed E-state index contributed by atoms with van der Waals surface area (Å²) in [7, 11) is 0. The first-order valence-electron chi connectivity index (χ1n) is 6.97. The first-order valence-corrected chi connectivity index (χ1v) is 6.97. The lowest BCUT2D eigenvalue weighted by atomic mass is 10.0. The van der Waals surface area contributed by atoms with Gasteiger partial charge in [-0.2, -0.15) is 0 Å². The highest BCUT2D eigenvalue weighted by Gasteiger charge is 2.21. The minimum absolute atomic E-state index is 0.445. The Balaban J connectivity index is 1.94. The summed E-state index contributed by atoms with van der Waals surface area (Å²) in [4.78, 5) is 2.24. The molecule has 1 aromatic carbocycles. The Bertz CT molecular complexity index is 421. The van der Waals surface area contributed by atoms with Crippen LogP contribution in [0.5, 0.6) is 0 Å². The van der Waals surface area contributed by atoms with E-state index >= 15 is 0 Å². The maximum atomic E-state index is 13.6. The number of nitrogens with one attached hydrogen (secondary N) is 1. The summed E-state index contributed by atoms with van der Waals surface area (Å²) in [6, 6.07) is 4.77. The molecular formula is C15H22F2N2. The van der Waals surface area contributed by atoms with E-state index in [1.807, 2.05) is 0 Å². The van der Waals surface area contributed by atoms with Crippen LogP contribution in [0.1, 0.15) is 32.3 Å². The summed E-state index contributed by atoms with van der Waals surface area (Å²) in [5.74, 6) is -0.960. The predicted molar refractivity (Wildman–Crippen MR) is 72.9 cm³/mol. The normalized spacial score (nSPS) is 21.0. The monoisotopic (exact) mass is 268 g/mol. The molecule has 0 aromatic heterocycles. The van der Waals surface area contributed by atoms with Crippen LogP contribution in [-0.4, -0.2) is 30.1 Å². The Morgan fingerprint density at radius 3 is 2.84 bits per heavy atom. The Hall–Kier alpha value is -1.00. The summed E-state index contributed by atoms with van der Waals surface area (Å²) in [6.45, 7) is 6.74. The van der Waals surface area contributed by atoms with Crippen LogP contribution < -0.4 is 5.32 Å². The van der Waals surface area contributed by atoms with Crippen LogP contribution in [0, 0.1) is 11.6 Å². The Morgan fingerprint density at radius 2 is 2.16 bits per heavy atom. The summed E-state index contributed by atoms with van der Waals surface area (Å²) in [6.07, 6.45) is 2.29. The van der Waals surface area contributed by atoms with Crippen LogP contribution in [0.2, 0.25) is 0 Å². The van der Waals surface area contributed by atoms with Crippen molar-refractivity contribution in [1.82, 2.24) is 10.2 Å². The van der Waals surface area contributed by atoms with Gasteiger partial charge in [-0.3, -0.25) is 4.90 Å². The molecule has 1 fully saturated rings. The van der Waals surface area contributed by atoms with Crippen molar-refractivity contribution >= 4 is 0 Å². The van der Waals surface area contributed by atoms with Crippen molar-refractivity contribution in [2.24, 2.45) is 0 Å². The number of hydrogen-bond donors (Lipinski definition) is 1. The molecular weight excluding hydrogens is 246 g/mol. The molecule has 4 heteroatoms. The van der Waals surface area contributed by atoms with Crippen LogP contribution in [0.4, 0.5) is 8.78 Å². The number of piperidine rings is 1. The van der Waals surface area contributed by atoms with Gasteiger partial charge in [-0.15, -0.1) is 0 Å². The number of hydrogen-bond acceptors (Lipinski definition) is 2. The lowest BCUT2D eigenvalue weighted by molar-refractivity contribution is 0.177.